The molecule has 1 aromatic carbocycles. The van der Waals surface area contributed by atoms with E-state index in [0.717, 1.165) is 24.3 Å². The molecule has 0 saturated heterocycles. The number of nitrogens with zero attached hydrogens (tertiary/aromatic N) is 1. The molecule has 1 aromatic rings. The lowest BCUT2D eigenvalue weighted by atomic mass is 9.99. The van der Waals surface area contributed by atoms with Crippen molar-refractivity contribution in [1.29, 1.82) is 0 Å². The van der Waals surface area contributed by atoms with Gasteiger partial charge in [0.1, 0.15) is 5.75 Å². The van der Waals surface area contributed by atoms with Crippen molar-refractivity contribution >= 4 is 5.91 Å². The molecule has 0 spiro atoms. The molecule has 4 heteroatoms. The predicted octanol–water partition coefficient (Wildman–Crippen LogP) is 1.97. The largest absolute Gasteiger partial charge is 0.493 e. The van der Waals surface area contributed by atoms with Gasteiger partial charge in [0.2, 0.25) is 5.91 Å². The average molecular weight is 262 g/mol. The lowest BCUT2D eigenvalue weighted by molar-refractivity contribution is -0.131. The third-order valence-corrected chi connectivity index (χ3v) is 3.63. The lowest BCUT2D eigenvalue weighted by Crippen LogP contribution is -2.45. The van der Waals surface area contributed by atoms with Crippen LogP contribution in [-0.4, -0.2) is 37.0 Å². The Hall–Kier alpha value is -1.55. The normalized spacial score (nSPS) is 19.2. The van der Waals surface area contributed by atoms with Gasteiger partial charge in [-0.15, -0.1) is 0 Å². The summed E-state index contributed by atoms with van der Waals surface area (Å²) < 4.78 is 5.63. The molecule has 0 bridgehead atoms. The number of hydrogen-bond donors (Lipinski definition) is 1. The molecule has 0 aliphatic carbocycles. The molecule has 1 amide bonds. The number of nitrogens with one attached hydrogen (secondary N) is 1. The number of likely N-dealkylation sites (N-methyl/N-ethyl adjacent to an activating group) is 1. The first kappa shape index (κ1) is 13.9. The predicted molar refractivity (Wildman–Crippen MR) is 75.2 cm³/mol. The molecular formula is C15H22N2O2. The number of carbonyl (C=O) groups excluding carboxylic acids is 1. The van der Waals surface area contributed by atoms with Crippen molar-refractivity contribution in [3.63, 3.8) is 0 Å². The highest BCUT2D eigenvalue weighted by molar-refractivity contribution is 5.81. The van der Waals surface area contributed by atoms with Crippen LogP contribution in [0.15, 0.2) is 24.3 Å². The Kier molecular flexibility index (Phi) is 4.43. The quantitative estimate of drug-likeness (QED) is 0.902. The fourth-order valence-corrected chi connectivity index (χ4v) is 2.37. The van der Waals surface area contributed by atoms with Gasteiger partial charge in [-0.1, -0.05) is 18.2 Å². The summed E-state index contributed by atoms with van der Waals surface area (Å²) in [7, 11) is 1.83. The number of amides is 1. The molecular weight excluding hydrogens is 240 g/mol. The Morgan fingerprint density at radius 3 is 3.00 bits per heavy atom. The van der Waals surface area contributed by atoms with Crippen molar-refractivity contribution in [3.8, 4) is 5.75 Å². The van der Waals surface area contributed by atoms with Gasteiger partial charge in [0.05, 0.1) is 12.6 Å². The summed E-state index contributed by atoms with van der Waals surface area (Å²) in [6, 6.07) is 8.03. The van der Waals surface area contributed by atoms with E-state index < -0.39 is 0 Å². The van der Waals surface area contributed by atoms with Crippen molar-refractivity contribution in [2.45, 2.75) is 32.4 Å². The zero-order chi connectivity index (χ0) is 13.8. The summed E-state index contributed by atoms with van der Waals surface area (Å²) in [5.41, 5.74) is 1.15. The van der Waals surface area contributed by atoms with Gasteiger partial charge in [-0.2, -0.15) is 0 Å². The summed E-state index contributed by atoms with van der Waals surface area (Å²) in [6.45, 7) is 5.33. The summed E-state index contributed by atoms with van der Waals surface area (Å²) in [4.78, 5) is 13.8. The Morgan fingerprint density at radius 1 is 1.53 bits per heavy atom. The zero-order valence-electron chi connectivity index (χ0n) is 11.8. The molecule has 1 aliphatic rings. The smallest absolute Gasteiger partial charge is 0.239 e. The molecule has 0 radical (unpaired) electrons. The molecule has 0 aromatic heterocycles. The highest BCUT2D eigenvalue weighted by Crippen LogP contribution is 2.31. The molecule has 1 aliphatic heterocycles. The maximum absolute atomic E-state index is 12.1. The Labute approximate surface area is 114 Å². The molecule has 1 heterocycles. The van der Waals surface area contributed by atoms with Crippen LogP contribution in [0.3, 0.4) is 0 Å². The van der Waals surface area contributed by atoms with Crippen LogP contribution in [0.4, 0.5) is 0 Å². The van der Waals surface area contributed by atoms with Crippen molar-refractivity contribution in [2.24, 2.45) is 0 Å². The van der Waals surface area contributed by atoms with Gasteiger partial charge in [-0.05, 0) is 19.9 Å². The van der Waals surface area contributed by atoms with Gasteiger partial charge in [0, 0.05) is 31.6 Å². The molecule has 0 saturated carbocycles. The number of hydrogen-bond acceptors (Lipinski definition) is 3. The first-order valence-electron chi connectivity index (χ1n) is 6.86. The van der Waals surface area contributed by atoms with Crippen LogP contribution in [-0.2, 0) is 4.79 Å². The van der Waals surface area contributed by atoms with Gasteiger partial charge in [-0.25, -0.2) is 0 Å². The number of benzene rings is 1. The number of carbonyl (C=O) groups is 1. The Balaban J connectivity index is 2.06. The minimum atomic E-state index is -0.180. The maximum Gasteiger partial charge on any atom is 0.239 e. The van der Waals surface area contributed by atoms with Crippen molar-refractivity contribution in [1.82, 2.24) is 10.2 Å². The fraction of sp³-hybridized carbons (Fsp3) is 0.533. The number of ether oxygens (including phenoxy) is 1. The van der Waals surface area contributed by atoms with Crippen molar-refractivity contribution < 1.29 is 9.53 Å². The van der Waals surface area contributed by atoms with Gasteiger partial charge in [0.15, 0.2) is 0 Å². The monoisotopic (exact) mass is 262 g/mol. The van der Waals surface area contributed by atoms with Crippen LogP contribution in [0.5, 0.6) is 5.75 Å². The number of fused-ring (bicyclic) bond motifs is 1. The number of rotatable bonds is 4. The van der Waals surface area contributed by atoms with Crippen LogP contribution in [0, 0.1) is 0 Å². The van der Waals surface area contributed by atoms with E-state index in [9.17, 15) is 4.79 Å². The highest BCUT2D eigenvalue weighted by atomic mass is 16.5. The Morgan fingerprint density at radius 2 is 2.26 bits per heavy atom. The molecule has 2 unspecified atom stereocenters. The SMILES string of the molecule is CCN(C)C(=O)C(C)NC1CCOc2ccccc21. The standard InChI is InChI=1S/C15H22N2O2/c1-4-17(3)15(18)11(2)16-13-9-10-19-14-8-6-5-7-12(13)14/h5-8,11,13,16H,4,9-10H2,1-3H3. The molecule has 1 N–H and O–H groups in total. The van der Waals surface area contributed by atoms with E-state index in [1.807, 2.05) is 39.1 Å². The van der Waals surface area contributed by atoms with Crippen LogP contribution in [0.25, 0.3) is 0 Å². The topological polar surface area (TPSA) is 41.6 Å². The minimum absolute atomic E-state index is 0.131. The molecule has 2 rings (SSSR count). The number of para-hydroxylation sites is 1. The van der Waals surface area contributed by atoms with E-state index >= 15 is 0 Å². The first-order valence-corrected chi connectivity index (χ1v) is 6.86. The summed E-state index contributed by atoms with van der Waals surface area (Å²) in [5.74, 6) is 1.06. The molecule has 4 nitrogen and oxygen atoms in total. The first-order chi connectivity index (χ1) is 9.13. The van der Waals surface area contributed by atoms with Gasteiger partial charge in [-0.3, -0.25) is 10.1 Å². The summed E-state index contributed by atoms with van der Waals surface area (Å²) in [6.07, 6.45) is 0.893. The van der Waals surface area contributed by atoms with Crippen molar-refractivity contribution in [2.75, 3.05) is 20.2 Å². The molecule has 0 fully saturated rings. The van der Waals surface area contributed by atoms with E-state index in [4.69, 9.17) is 4.74 Å². The Bertz CT molecular complexity index is 448. The minimum Gasteiger partial charge on any atom is -0.493 e. The summed E-state index contributed by atoms with van der Waals surface area (Å²) >= 11 is 0. The highest BCUT2D eigenvalue weighted by Gasteiger charge is 2.25. The molecule has 2 atom stereocenters. The maximum atomic E-state index is 12.1. The third kappa shape index (κ3) is 3.07. The second-order valence-corrected chi connectivity index (χ2v) is 4.97. The van der Waals surface area contributed by atoms with Crippen LogP contribution in [0.1, 0.15) is 31.9 Å². The van der Waals surface area contributed by atoms with Gasteiger partial charge in [0.25, 0.3) is 0 Å². The van der Waals surface area contributed by atoms with E-state index in [1.165, 1.54) is 0 Å². The van der Waals surface area contributed by atoms with Crippen LogP contribution < -0.4 is 10.1 Å². The second kappa shape index (κ2) is 6.06. The molecule has 104 valence electrons. The average Bonchev–Trinajstić information content (AvgIpc) is 2.46. The van der Waals surface area contributed by atoms with Gasteiger partial charge < -0.3 is 9.64 Å². The molecule has 19 heavy (non-hydrogen) atoms. The van der Waals surface area contributed by atoms with Crippen LogP contribution >= 0.6 is 0 Å². The van der Waals surface area contributed by atoms with E-state index in [2.05, 4.69) is 11.4 Å². The van der Waals surface area contributed by atoms with E-state index in [0.29, 0.717) is 6.61 Å². The van der Waals surface area contributed by atoms with E-state index in [-0.39, 0.29) is 18.0 Å². The van der Waals surface area contributed by atoms with Gasteiger partial charge >= 0.3 is 0 Å². The zero-order valence-corrected chi connectivity index (χ0v) is 11.8. The second-order valence-electron chi connectivity index (χ2n) is 4.97. The van der Waals surface area contributed by atoms with Crippen molar-refractivity contribution in [3.05, 3.63) is 29.8 Å². The lowest BCUT2D eigenvalue weighted by Gasteiger charge is -2.30. The fourth-order valence-electron chi connectivity index (χ4n) is 2.37. The summed E-state index contributed by atoms with van der Waals surface area (Å²) in [5, 5.41) is 3.42. The van der Waals surface area contributed by atoms with E-state index in [1.54, 1.807) is 4.90 Å². The third-order valence-electron chi connectivity index (χ3n) is 3.63. The van der Waals surface area contributed by atoms with Crippen LogP contribution in [0.2, 0.25) is 0 Å².